The van der Waals surface area contributed by atoms with Gasteiger partial charge in [-0.2, -0.15) is 5.26 Å². The summed E-state index contributed by atoms with van der Waals surface area (Å²) in [6, 6.07) is 20.5. The molecule has 3 aromatic heterocycles. The maximum atomic E-state index is 15.6. The number of hydrogen-bond donors (Lipinski definition) is 2. The fourth-order valence-electron chi connectivity index (χ4n) is 5.02. The van der Waals surface area contributed by atoms with Gasteiger partial charge in [-0.15, -0.1) is 5.10 Å². The molecule has 0 aliphatic rings. The van der Waals surface area contributed by atoms with Crippen LogP contribution >= 0.6 is 0 Å². The first kappa shape index (κ1) is 29.1. The van der Waals surface area contributed by atoms with E-state index in [1.165, 1.54) is 24.3 Å². The Kier molecular flexibility index (Phi) is 7.99. The molecule has 0 fully saturated rings. The first-order chi connectivity index (χ1) is 21.8. The normalized spacial score (nSPS) is 11.1. The molecule has 0 amide bonds. The number of imidazole rings is 1. The fourth-order valence-corrected chi connectivity index (χ4v) is 5.02. The molecule has 0 spiro atoms. The number of carboxylic acid groups (broad SMARTS) is 1. The average molecular weight is 606 g/mol. The Morgan fingerprint density at radius 2 is 1.84 bits per heavy atom. The van der Waals surface area contributed by atoms with Crippen LogP contribution in [0.25, 0.3) is 22.3 Å². The van der Waals surface area contributed by atoms with Gasteiger partial charge >= 0.3 is 5.97 Å². The number of aromatic amines is 1. The summed E-state index contributed by atoms with van der Waals surface area (Å²) in [6.45, 7) is 2.16. The van der Waals surface area contributed by atoms with Crippen molar-refractivity contribution < 1.29 is 23.4 Å². The number of aromatic carboxylic acids is 1. The molecule has 224 valence electrons. The van der Waals surface area contributed by atoms with Gasteiger partial charge in [0, 0.05) is 23.6 Å². The summed E-state index contributed by atoms with van der Waals surface area (Å²) < 4.78 is 37.4. The Balaban J connectivity index is 1.26. The van der Waals surface area contributed by atoms with Crippen LogP contribution < -0.4 is 4.74 Å². The predicted octanol–water partition coefficient (Wildman–Crippen LogP) is 5.84. The molecule has 3 aromatic carbocycles. The number of hydrogen-bond acceptors (Lipinski definition) is 7. The van der Waals surface area contributed by atoms with Crippen molar-refractivity contribution in [2.45, 2.75) is 32.9 Å². The molecule has 6 rings (SSSR count). The third-order valence-corrected chi connectivity index (χ3v) is 7.41. The minimum Gasteiger partial charge on any atom is -0.478 e. The van der Waals surface area contributed by atoms with E-state index < -0.39 is 17.6 Å². The lowest BCUT2D eigenvalue weighted by molar-refractivity contribution is 0.0697. The quantitative estimate of drug-likeness (QED) is 0.198. The minimum absolute atomic E-state index is 0.0926. The summed E-state index contributed by atoms with van der Waals surface area (Å²) in [7, 11) is 0. The molecule has 0 bridgehead atoms. The zero-order valence-corrected chi connectivity index (χ0v) is 24.0. The van der Waals surface area contributed by atoms with Crippen LogP contribution in [-0.4, -0.2) is 41.0 Å². The zero-order valence-electron chi connectivity index (χ0n) is 24.0. The van der Waals surface area contributed by atoms with Crippen LogP contribution in [0, 0.1) is 23.0 Å². The molecule has 0 atom stereocenters. The van der Waals surface area contributed by atoms with Gasteiger partial charge in [-0.25, -0.2) is 23.5 Å². The van der Waals surface area contributed by atoms with E-state index in [-0.39, 0.29) is 35.6 Å². The number of ether oxygens (including phenoxy) is 1. The highest BCUT2D eigenvalue weighted by Crippen LogP contribution is 2.27. The number of carboxylic acids is 1. The van der Waals surface area contributed by atoms with Crippen molar-refractivity contribution in [1.29, 1.82) is 5.26 Å². The van der Waals surface area contributed by atoms with Gasteiger partial charge in [-0.05, 0) is 54.4 Å². The molecule has 45 heavy (non-hydrogen) atoms. The van der Waals surface area contributed by atoms with Crippen LogP contribution in [0.5, 0.6) is 5.88 Å². The molecule has 0 radical (unpaired) electrons. The van der Waals surface area contributed by atoms with Gasteiger partial charge in [0.15, 0.2) is 0 Å². The minimum atomic E-state index is -1.06. The summed E-state index contributed by atoms with van der Waals surface area (Å²) in [5.41, 5.74) is 4.68. The summed E-state index contributed by atoms with van der Waals surface area (Å²) in [6.07, 6.45) is 0.788. The number of carbonyl (C=O) groups is 1. The predicted molar refractivity (Wildman–Crippen MR) is 159 cm³/mol. The van der Waals surface area contributed by atoms with Gasteiger partial charge < -0.3 is 14.4 Å². The fraction of sp³-hybridized carbons (Fsp3) is 0.152. The summed E-state index contributed by atoms with van der Waals surface area (Å²) in [4.78, 5) is 20.9. The summed E-state index contributed by atoms with van der Waals surface area (Å²) in [5, 5.41) is 29.4. The molecular formula is C33H25F2N7O3. The molecule has 3 heterocycles. The van der Waals surface area contributed by atoms with Crippen LogP contribution in [0.2, 0.25) is 0 Å². The molecular weight excluding hydrogens is 580 g/mol. The summed E-state index contributed by atoms with van der Waals surface area (Å²) >= 11 is 0. The largest absolute Gasteiger partial charge is 0.478 e. The molecule has 12 heteroatoms. The Morgan fingerprint density at radius 3 is 2.60 bits per heavy atom. The monoisotopic (exact) mass is 605 g/mol. The number of fused-ring (bicyclic) bond motifs is 1. The number of pyridine rings is 1. The van der Waals surface area contributed by atoms with E-state index in [4.69, 9.17) is 15.0 Å². The Labute approximate surface area is 255 Å². The molecule has 0 aliphatic heterocycles. The number of aryl methyl sites for hydroxylation is 1. The first-order valence-electron chi connectivity index (χ1n) is 14.0. The van der Waals surface area contributed by atoms with Crippen molar-refractivity contribution in [3.8, 4) is 23.2 Å². The second-order valence-electron chi connectivity index (χ2n) is 10.3. The van der Waals surface area contributed by atoms with Crippen molar-refractivity contribution in [2.24, 2.45) is 0 Å². The number of nitrogens with zero attached hydrogens (tertiary/aromatic N) is 6. The van der Waals surface area contributed by atoms with Gasteiger partial charge in [-0.1, -0.05) is 36.4 Å². The van der Waals surface area contributed by atoms with E-state index in [1.54, 1.807) is 42.5 Å². The Hall–Kier alpha value is -5.96. The van der Waals surface area contributed by atoms with Gasteiger partial charge in [0.1, 0.15) is 24.1 Å². The molecule has 0 aliphatic carbocycles. The number of benzene rings is 3. The second kappa shape index (κ2) is 12.3. The molecule has 2 N–H and O–H groups in total. The highest BCUT2D eigenvalue weighted by molar-refractivity contribution is 5.92. The maximum Gasteiger partial charge on any atom is 0.335 e. The highest BCUT2D eigenvalue weighted by Gasteiger charge is 2.18. The number of nitriles is 1. The standard InChI is InChI=1S/C33H25F2N7O3/c1-2-26-29(40-41-39-26)17-42-30-14-22(33(43)44)10-11-28(30)37-31(42)15-20-8-9-21(13-25(20)35)27-4-3-5-32(38-27)45-18-23-7-6-19(16-36)12-24(23)34/h3-14H,2,15,17-18H2,1H3,(H,43,44)(H,39,40,41). The number of nitrogens with one attached hydrogen (secondary N) is 1. The smallest absolute Gasteiger partial charge is 0.335 e. The molecule has 0 unspecified atom stereocenters. The lowest BCUT2D eigenvalue weighted by atomic mass is 10.1. The lowest BCUT2D eigenvalue weighted by Gasteiger charge is -2.11. The van der Waals surface area contributed by atoms with E-state index in [0.29, 0.717) is 46.6 Å². The number of rotatable bonds is 10. The molecule has 0 saturated heterocycles. The van der Waals surface area contributed by atoms with E-state index in [2.05, 4.69) is 20.4 Å². The Morgan fingerprint density at radius 1 is 1.02 bits per heavy atom. The van der Waals surface area contributed by atoms with E-state index in [9.17, 15) is 14.3 Å². The highest BCUT2D eigenvalue weighted by atomic mass is 19.1. The van der Waals surface area contributed by atoms with Crippen LogP contribution in [-0.2, 0) is 26.0 Å². The SMILES string of the molecule is CCc1nn[nH]c1Cn1c(Cc2ccc(-c3cccc(OCc4ccc(C#N)cc4F)n3)cc2F)nc2ccc(C(=O)O)cc21. The van der Waals surface area contributed by atoms with E-state index >= 15 is 4.39 Å². The second-order valence-corrected chi connectivity index (χ2v) is 10.3. The maximum absolute atomic E-state index is 15.6. The summed E-state index contributed by atoms with van der Waals surface area (Å²) in [5.74, 6) is -1.31. The van der Waals surface area contributed by atoms with Crippen LogP contribution in [0.1, 0.15) is 51.2 Å². The third-order valence-electron chi connectivity index (χ3n) is 7.41. The van der Waals surface area contributed by atoms with Gasteiger partial charge in [-0.3, -0.25) is 5.10 Å². The van der Waals surface area contributed by atoms with Crippen molar-refractivity contribution >= 4 is 17.0 Å². The first-order valence-corrected chi connectivity index (χ1v) is 14.0. The molecule has 0 saturated carbocycles. The van der Waals surface area contributed by atoms with Crippen molar-refractivity contribution in [1.82, 2.24) is 29.9 Å². The van der Waals surface area contributed by atoms with Crippen LogP contribution in [0.3, 0.4) is 0 Å². The molecule has 10 nitrogen and oxygen atoms in total. The number of halogens is 2. The van der Waals surface area contributed by atoms with Crippen LogP contribution in [0.15, 0.2) is 72.8 Å². The van der Waals surface area contributed by atoms with Crippen molar-refractivity contribution in [3.63, 3.8) is 0 Å². The van der Waals surface area contributed by atoms with Crippen molar-refractivity contribution in [3.05, 3.63) is 124 Å². The topological polar surface area (TPSA) is 143 Å². The van der Waals surface area contributed by atoms with Gasteiger partial charge in [0.2, 0.25) is 5.88 Å². The lowest BCUT2D eigenvalue weighted by Crippen LogP contribution is -2.09. The van der Waals surface area contributed by atoms with E-state index in [0.717, 1.165) is 17.5 Å². The molecule has 6 aromatic rings. The Bertz CT molecular complexity index is 2100. The zero-order chi connectivity index (χ0) is 31.5. The van der Waals surface area contributed by atoms with E-state index in [1.807, 2.05) is 17.6 Å². The van der Waals surface area contributed by atoms with Gasteiger partial charge in [0.25, 0.3) is 0 Å². The van der Waals surface area contributed by atoms with Crippen LogP contribution in [0.4, 0.5) is 8.78 Å². The number of H-pyrrole nitrogens is 1. The third kappa shape index (κ3) is 6.09. The van der Waals surface area contributed by atoms with Gasteiger partial charge in [0.05, 0.1) is 51.9 Å². The number of aromatic nitrogens is 6. The van der Waals surface area contributed by atoms with Crippen molar-refractivity contribution in [2.75, 3.05) is 0 Å². The average Bonchev–Trinajstić information content (AvgIpc) is 3.65.